The van der Waals surface area contributed by atoms with Gasteiger partial charge < -0.3 is 14.7 Å². The maximum atomic E-state index is 11.3. The van der Waals surface area contributed by atoms with Crippen LogP contribution in [0, 0.1) is 0 Å². The van der Waals surface area contributed by atoms with Gasteiger partial charge in [-0.2, -0.15) is 0 Å². The van der Waals surface area contributed by atoms with Crippen LogP contribution in [0.25, 0.3) is 0 Å². The Balaban J connectivity index is 2.69. The Kier molecular flexibility index (Phi) is 3.57. The fraction of sp³-hybridized carbons (Fsp3) is 0.818. The largest absolute Gasteiger partial charge is 0.480 e. The SMILES string of the molecule is CC(=O)N1CC(OC(C)(C)C)CC1C(=O)O. The van der Waals surface area contributed by atoms with Crippen LogP contribution in [0.4, 0.5) is 0 Å². The third kappa shape index (κ3) is 3.20. The maximum absolute atomic E-state index is 11.3. The summed E-state index contributed by atoms with van der Waals surface area (Å²) in [6.45, 7) is 7.50. The number of nitrogens with zero attached hydrogens (tertiary/aromatic N) is 1. The second kappa shape index (κ2) is 4.41. The van der Waals surface area contributed by atoms with Gasteiger partial charge >= 0.3 is 5.97 Å². The Bertz CT molecular complexity index is 273. The Morgan fingerprint density at radius 1 is 1.38 bits per heavy atom. The van der Waals surface area contributed by atoms with Gasteiger partial charge in [0, 0.05) is 19.9 Å². The number of hydrogen-bond donors (Lipinski definition) is 1. The molecule has 0 radical (unpaired) electrons. The number of ether oxygens (including phenoxy) is 1. The molecule has 1 heterocycles. The molecule has 1 rings (SSSR count). The molecule has 0 aromatic carbocycles. The molecule has 5 nitrogen and oxygen atoms in total. The maximum Gasteiger partial charge on any atom is 0.326 e. The van der Waals surface area contributed by atoms with Gasteiger partial charge in [-0.05, 0) is 20.8 Å². The first-order valence-electron chi connectivity index (χ1n) is 5.38. The van der Waals surface area contributed by atoms with E-state index in [1.54, 1.807) is 0 Å². The molecule has 1 N–H and O–H groups in total. The van der Waals surface area contributed by atoms with Crippen molar-refractivity contribution in [2.75, 3.05) is 6.54 Å². The molecular weight excluding hydrogens is 210 g/mol. The Morgan fingerprint density at radius 3 is 2.25 bits per heavy atom. The molecule has 0 saturated carbocycles. The van der Waals surface area contributed by atoms with Crippen molar-refractivity contribution in [2.24, 2.45) is 0 Å². The molecule has 0 aromatic heterocycles. The lowest BCUT2D eigenvalue weighted by Gasteiger charge is -2.24. The van der Waals surface area contributed by atoms with Crippen molar-refractivity contribution < 1.29 is 19.4 Å². The zero-order chi connectivity index (χ0) is 12.5. The van der Waals surface area contributed by atoms with E-state index in [0.29, 0.717) is 13.0 Å². The molecule has 1 aliphatic heterocycles. The normalized spacial score (nSPS) is 25.9. The summed E-state index contributed by atoms with van der Waals surface area (Å²) in [6, 6.07) is -0.746. The first-order chi connectivity index (χ1) is 7.20. The van der Waals surface area contributed by atoms with Gasteiger partial charge in [-0.15, -0.1) is 0 Å². The summed E-state index contributed by atoms with van der Waals surface area (Å²) in [5, 5.41) is 9.00. The van der Waals surface area contributed by atoms with Crippen LogP contribution in [0.5, 0.6) is 0 Å². The monoisotopic (exact) mass is 229 g/mol. The Labute approximate surface area is 95.4 Å². The number of rotatable bonds is 2. The van der Waals surface area contributed by atoms with E-state index in [0.717, 1.165) is 0 Å². The molecule has 1 fully saturated rings. The van der Waals surface area contributed by atoms with Crippen LogP contribution in [0.15, 0.2) is 0 Å². The third-order valence-electron chi connectivity index (χ3n) is 2.47. The minimum absolute atomic E-state index is 0.190. The minimum atomic E-state index is -0.963. The molecule has 1 amide bonds. The number of likely N-dealkylation sites (tertiary alicyclic amines) is 1. The van der Waals surface area contributed by atoms with Gasteiger partial charge in [-0.25, -0.2) is 4.79 Å². The van der Waals surface area contributed by atoms with Crippen molar-refractivity contribution in [3.05, 3.63) is 0 Å². The summed E-state index contributed by atoms with van der Waals surface area (Å²) in [5.74, 6) is -1.18. The van der Waals surface area contributed by atoms with E-state index < -0.39 is 12.0 Å². The highest BCUT2D eigenvalue weighted by atomic mass is 16.5. The number of carboxylic acid groups (broad SMARTS) is 1. The molecule has 2 unspecified atom stereocenters. The number of hydrogen-bond acceptors (Lipinski definition) is 3. The highest BCUT2D eigenvalue weighted by Crippen LogP contribution is 2.24. The molecule has 2 atom stereocenters. The van der Waals surface area contributed by atoms with Crippen molar-refractivity contribution in [2.45, 2.75) is 51.9 Å². The zero-order valence-corrected chi connectivity index (χ0v) is 10.2. The smallest absolute Gasteiger partial charge is 0.326 e. The molecule has 1 aliphatic rings. The molecule has 92 valence electrons. The molecule has 0 aliphatic carbocycles. The molecule has 1 saturated heterocycles. The highest BCUT2D eigenvalue weighted by Gasteiger charge is 2.40. The zero-order valence-electron chi connectivity index (χ0n) is 10.2. The summed E-state index contributed by atoms with van der Waals surface area (Å²) in [5.41, 5.74) is -0.319. The Hall–Kier alpha value is -1.10. The van der Waals surface area contributed by atoms with Crippen molar-refractivity contribution in [3.63, 3.8) is 0 Å². The highest BCUT2D eigenvalue weighted by molar-refractivity contribution is 5.83. The predicted molar refractivity (Wildman–Crippen MR) is 58.1 cm³/mol. The molecule has 0 aromatic rings. The van der Waals surface area contributed by atoms with E-state index in [2.05, 4.69) is 0 Å². The van der Waals surface area contributed by atoms with Crippen molar-refractivity contribution in [3.8, 4) is 0 Å². The second-order valence-corrected chi connectivity index (χ2v) is 5.11. The standard InChI is InChI=1S/C11H19NO4/c1-7(13)12-6-8(16-11(2,3)4)5-9(12)10(14)15/h8-9H,5-6H2,1-4H3,(H,14,15). The third-order valence-corrected chi connectivity index (χ3v) is 2.47. The van der Waals surface area contributed by atoms with E-state index in [9.17, 15) is 9.59 Å². The van der Waals surface area contributed by atoms with Crippen LogP contribution >= 0.6 is 0 Å². The number of aliphatic carboxylic acids is 1. The van der Waals surface area contributed by atoms with Crippen molar-refractivity contribution >= 4 is 11.9 Å². The lowest BCUT2D eigenvalue weighted by molar-refractivity contribution is -0.147. The second-order valence-electron chi connectivity index (χ2n) is 5.11. The van der Waals surface area contributed by atoms with Crippen LogP contribution in [0.2, 0.25) is 0 Å². The van der Waals surface area contributed by atoms with E-state index in [1.807, 2.05) is 20.8 Å². The van der Waals surface area contributed by atoms with Gasteiger partial charge in [0.15, 0.2) is 0 Å². The topological polar surface area (TPSA) is 66.8 Å². The van der Waals surface area contributed by atoms with Crippen molar-refractivity contribution in [1.29, 1.82) is 0 Å². The van der Waals surface area contributed by atoms with Gasteiger partial charge in [0.25, 0.3) is 0 Å². The van der Waals surface area contributed by atoms with Gasteiger partial charge in [-0.1, -0.05) is 0 Å². The van der Waals surface area contributed by atoms with Crippen LogP contribution in [-0.4, -0.2) is 46.2 Å². The average Bonchev–Trinajstić information content (AvgIpc) is 2.44. The van der Waals surface area contributed by atoms with Gasteiger partial charge in [0.1, 0.15) is 6.04 Å². The van der Waals surface area contributed by atoms with Gasteiger partial charge in [0.2, 0.25) is 5.91 Å². The van der Waals surface area contributed by atoms with E-state index in [1.165, 1.54) is 11.8 Å². The fourth-order valence-corrected chi connectivity index (χ4v) is 1.96. The first kappa shape index (κ1) is 13.0. The van der Waals surface area contributed by atoms with Crippen LogP contribution < -0.4 is 0 Å². The van der Waals surface area contributed by atoms with Crippen LogP contribution in [0.1, 0.15) is 34.1 Å². The summed E-state index contributed by atoms with van der Waals surface area (Å²) >= 11 is 0. The number of carbonyl (C=O) groups is 2. The molecular formula is C11H19NO4. The van der Waals surface area contributed by atoms with E-state index in [-0.39, 0.29) is 17.6 Å². The first-order valence-corrected chi connectivity index (χ1v) is 5.38. The van der Waals surface area contributed by atoms with Crippen LogP contribution in [0.3, 0.4) is 0 Å². The molecule has 0 spiro atoms. The quantitative estimate of drug-likeness (QED) is 0.763. The van der Waals surface area contributed by atoms with E-state index >= 15 is 0 Å². The average molecular weight is 229 g/mol. The fourth-order valence-electron chi connectivity index (χ4n) is 1.96. The number of amides is 1. The summed E-state index contributed by atoms with van der Waals surface area (Å²) in [6.07, 6.45) is 0.177. The lowest BCUT2D eigenvalue weighted by atomic mass is 10.1. The number of carbonyl (C=O) groups excluding carboxylic acids is 1. The lowest BCUT2D eigenvalue weighted by Crippen LogP contribution is -2.39. The van der Waals surface area contributed by atoms with Gasteiger partial charge in [0.05, 0.1) is 11.7 Å². The predicted octanol–water partition coefficient (Wildman–Crippen LogP) is 0.876. The van der Waals surface area contributed by atoms with E-state index in [4.69, 9.17) is 9.84 Å². The summed E-state index contributed by atoms with van der Waals surface area (Å²) < 4.78 is 5.70. The minimum Gasteiger partial charge on any atom is -0.480 e. The summed E-state index contributed by atoms with van der Waals surface area (Å²) in [4.78, 5) is 23.6. The molecule has 5 heteroatoms. The van der Waals surface area contributed by atoms with Gasteiger partial charge in [-0.3, -0.25) is 4.79 Å². The Morgan fingerprint density at radius 2 is 1.94 bits per heavy atom. The number of carboxylic acids is 1. The van der Waals surface area contributed by atoms with Crippen molar-refractivity contribution in [1.82, 2.24) is 4.90 Å². The molecule has 16 heavy (non-hydrogen) atoms. The molecule has 0 bridgehead atoms. The van der Waals surface area contributed by atoms with Crippen LogP contribution in [-0.2, 0) is 14.3 Å². The summed E-state index contributed by atoms with van der Waals surface area (Å²) in [7, 11) is 0.